The van der Waals surface area contributed by atoms with Crippen LogP contribution in [0.4, 0.5) is 28.9 Å². The Hall–Kier alpha value is -3.43. The maximum atomic E-state index is 14.3. The second-order valence-electron chi connectivity index (χ2n) is 8.49. The van der Waals surface area contributed by atoms with Crippen molar-refractivity contribution >= 4 is 21.4 Å². The SMILES string of the molecule is [C-]#[N+]c1cc(OC(C)C)c(O[C@H]2CN(S(=O)(=O)c3ccc(C(F)(F)F)cc3[N+]#[C-])C[C@@]2(O)CO)cc1F. The van der Waals surface area contributed by atoms with Gasteiger partial charge in [0.25, 0.3) is 0 Å². The third-order valence-corrected chi connectivity index (χ3v) is 7.34. The minimum absolute atomic E-state index is 0.0676. The van der Waals surface area contributed by atoms with E-state index in [9.17, 15) is 36.2 Å². The molecular formula is C23H21F4N3O6S. The smallest absolute Gasteiger partial charge is 0.415 e. The van der Waals surface area contributed by atoms with E-state index in [1.807, 2.05) is 0 Å². The lowest BCUT2D eigenvalue weighted by atomic mass is 10.0. The first-order valence-corrected chi connectivity index (χ1v) is 12.1. The lowest BCUT2D eigenvalue weighted by molar-refractivity contribution is -0.137. The molecule has 2 aromatic carbocycles. The van der Waals surface area contributed by atoms with Gasteiger partial charge in [0, 0.05) is 18.2 Å². The summed E-state index contributed by atoms with van der Waals surface area (Å²) in [5, 5.41) is 20.8. The molecule has 2 atom stereocenters. The molecule has 0 radical (unpaired) electrons. The van der Waals surface area contributed by atoms with Gasteiger partial charge in [0.15, 0.2) is 11.5 Å². The third-order valence-electron chi connectivity index (χ3n) is 5.48. The van der Waals surface area contributed by atoms with E-state index in [0.717, 1.165) is 12.1 Å². The number of nitrogens with zero attached hydrogens (tertiary/aromatic N) is 3. The van der Waals surface area contributed by atoms with E-state index in [-0.39, 0.29) is 17.2 Å². The first-order valence-electron chi connectivity index (χ1n) is 10.6. The Balaban J connectivity index is 1.99. The highest BCUT2D eigenvalue weighted by atomic mass is 32.2. The molecule has 14 heteroatoms. The summed E-state index contributed by atoms with van der Waals surface area (Å²) in [5.74, 6) is -1.31. The monoisotopic (exact) mass is 543 g/mol. The van der Waals surface area contributed by atoms with E-state index in [1.54, 1.807) is 13.8 Å². The number of alkyl halides is 3. The average molecular weight is 543 g/mol. The molecule has 1 heterocycles. The maximum absolute atomic E-state index is 14.3. The molecule has 0 aromatic heterocycles. The van der Waals surface area contributed by atoms with Crippen molar-refractivity contribution < 1.29 is 45.7 Å². The Kier molecular flexibility index (Phi) is 7.72. The van der Waals surface area contributed by atoms with E-state index in [2.05, 4.69) is 9.69 Å². The van der Waals surface area contributed by atoms with Crippen molar-refractivity contribution in [3.8, 4) is 11.5 Å². The molecule has 0 bridgehead atoms. The average Bonchev–Trinajstić information content (AvgIpc) is 3.16. The summed E-state index contributed by atoms with van der Waals surface area (Å²) >= 11 is 0. The van der Waals surface area contributed by atoms with Crippen molar-refractivity contribution in [1.82, 2.24) is 4.31 Å². The molecule has 0 unspecified atom stereocenters. The zero-order chi connectivity index (χ0) is 27.8. The van der Waals surface area contributed by atoms with Crippen molar-refractivity contribution in [2.24, 2.45) is 0 Å². The fraction of sp³-hybridized carbons (Fsp3) is 0.391. The topological polar surface area (TPSA) is 105 Å². The predicted octanol–water partition coefficient (Wildman–Crippen LogP) is 3.91. The van der Waals surface area contributed by atoms with Gasteiger partial charge in [-0.25, -0.2) is 22.5 Å². The molecule has 2 N–H and O–H groups in total. The molecule has 0 saturated carbocycles. The van der Waals surface area contributed by atoms with Gasteiger partial charge in [-0.15, -0.1) is 0 Å². The van der Waals surface area contributed by atoms with Gasteiger partial charge in [-0.3, -0.25) is 0 Å². The predicted molar refractivity (Wildman–Crippen MR) is 121 cm³/mol. The number of hydrogen-bond donors (Lipinski definition) is 2. The molecule has 9 nitrogen and oxygen atoms in total. The van der Waals surface area contributed by atoms with Crippen LogP contribution >= 0.6 is 0 Å². The first-order chi connectivity index (χ1) is 17.2. The quantitative estimate of drug-likeness (QED) is 0.406. The van der Waals surface area contributed by atoms with Crippen LogP contribution in [0.5, 0.6) is 11.5 Å². The zero-order valence-electron chi connectivity index (χ0n) is 19.5. The molecular weight excluding hydrogens is 522 g/mol. The molecule has 1 fully saturated rings. The van der Waals surface area contributed by atoms with Crippen LogP contribution in [0.15, 0.2) is 35.2 Å². The summed E-state index contributed by atoms with van der Waals surface area (Å²) < 4.78 is 91.8. The van der Waals surface area contributed by atoms with Gasteiger partial charge in [0.05, 0.1) is 37.3 Å². The van der Waals surface area contributed by atoms with E-state index >= 15 is 0 Å². The van der Waals surface area contributed by atoms with Gasteiger partial charge in [-0.2, -0.15) is 17.5 Å². The van der Waals surface area contributed by atoms with Crippen LogP contribution in [0.3, 0.4) is 0 Å². The largest absolute Gasteiger partial charge is 0.488 e. The van der Waals surface area contributed by atoms with E-state index in [1.165, 1.54) is 0 Å². The molecule has 198 valence electrons. The third kappa shape index (κ3) is 5.62. The van der Waals surface area contributed by atoms with E-state index in [4.69, 9.17) is 22.6 Å². The first kappa shape index (κ1) is 28.1. The lowest BCUT2D eigenvalue weighted by Crippen LogP contribution is -2.48. The normalized spacial score (nSPS) is 20.5. The van der Waals surface area contributed by atoms with Crippen LogP contribution in [-0.4, -0.2) is 60.4 Å². The summed E-state index contributed by atoms with van der Waals surface area (Å²) in [5.41, 5.74) is -4.57. The highest BCUT2D eigenvalue weighted by Gasteiger charge is 2.51. The number of rotatable bonds is 7. The minimum Gasteiger partial charge on any atom is -0.488 e. The molecule has 0 spiro atoms. The molecule has 0 amide bonds. The Morgan fingerprint density at radius 1 is 1.16 bits per heavy atom. The number of aliphatic hydroxyl groups excluding tert-OH is 1. The van der Waals surface area contributed by atoms with Crippen LogP contribution in [0.1, 0.15) is 19.4 Å². The molecule has 2 aromatic rings. The van der Waals surface area contributed by atoms with Gasteiger partial charge >= 0.3 is 6.18 Å². The minimum atomic E-state index is -4.81. The molecule has 1 aliphatic rings. The number of aliphatic hydroxyl groups is 2. The van der Waals surface area contributed by atoms with Crippen molar-refractivity contribution in [2.75, 3.05) is 19.7 Å². The molecule has 37 heavy (non-hydrogen) atoms. The number of benzene rings is 2. The summed E-state index contributed by atoms with van der Waals surface area (Å²) in [4.78, 5) is 5.22. The summed E-state index contributed by atoms with van der Waals surface area (Å²) in [7, 11) is -4.64. The Morgan fingerprint density at radius 3 is 2.35 bits per heavy atom. The van der Waals surface area contributed by atoms with Gasteiger partial charge in [-0.05, 0) is 26.0 Å². The van der Waals surface area contributed by atoms with E-state index in [0.29, 0.717) is 22.5 Å². The van der Waals surface area contributed by atoms with Crippen LogP contribution in [-0.2, 0) is 16.2 Å². The highest BCUT2D eigenvalue weighted by molar-refractivity contribution is 7.89. The van der Waals surface area contributed by atoms with Crippen LogP contribution in [0, 0.1) is 19.0 Å². The highest BCUT2D eigenvalue weighted by Crippen LogP contribution is 2.40. The van der Waals surface area contributed by atoms with Gasteiger partial charge in [0.1, 0.15) is 17.5 Å². The van der Waals surface area contributed by atoms with Gasteiger partial charge in [0.2, 0.25) is 21.4 Å². The summed E-state index contributed by atoms with van der Waals surface area (Å²) in [6.45, 7) is 15.2. The number of halogens is 4. The van der Waals surface area contributed by atoms with Crippen molar-refractivity contribution in [3.63, 3.8) is 0 Å². The molecule has 3 rings (SSSR count). The fourth-order valence-corrected chi connectivity index (χ4v) is 5.26. The number of β-amino-alcohol motifs (C(OH)–C–C–N with tert-alkyl or cyclic N) is 1. The van der Waals surface area contributed by atoms with Crippen LogP contribution in [0.2, 0.25) is 0 Å². The maximum Gasteiger partial charge on any atom is 0.415 e. The Bertz CT molecular complexity index is 1380. The summed E-state index contributed by atoms with van der Waals surface area (Å²) in [6, 6.07) is 3.46. The summed E-state index contributed by atoms with van der Waals surface area (Å²) in [6.07, 6.45) is -6.72. The Morgan fingerprint density at radius 2 is 1.81 bits per heavy atom. The molecule has 1 aliphatic heterocycles. The van der Waals surface area contributed by atoms with Crippen molar-refractivity contribution in [3.05, 3.63) is 64.5 Å². The van der Waals surface area contributed by atoms with Crippen LogP contribution in [0.25, 0.3) is 9.69 Å². The number of ether oxygens (including phenoxy) is 2. The number of hydrogen-bond acceptors (Lipinski definition) is 6. The fourth-order valence-electron chi connectivity index (χ4n) is 3.65. The molecule has 0 aliphatic carbocycles. The van der Waals surface area contributed by atoms with Crippen molar-refractivity contribution in [1.29, 1.82) is 0 Å². The Labute approximate surface area is 210 Å². The number of sulfonamides is 1. The van der Waals surface area contributed by atoms with Crippen molar-refractivity contribution in [2.45, 2.75) is 42.7 Å². The second-order valence-corrected chi connectivity index (χ2v) is 10.4. The van der Waals surface area contributed by atoms with Gasteiger partial charge < -0.3 is 19.7 Å². The van der Waals surface area contributed by atoms with E-state index < -0.39 is 75.7 Å². The zero-order valence-corrected chi connectivity index (χ0v) is 20.3. The standard InChI is InChI=1S/C23H21F4N3O6S/c1-13(2)35-19-9-16(28-3)15(24)8-18(19)36-21-10-30(11-22(21,32)12-31)37(33,34)20-6-5-14(23(25,26)27)7-17(20)29-4/h5-9,13,21,31-32H,10-12H2,1-2H3/t21-,22+/m0/s1. The lowest BCUT2D eigenvalue weighted by Gasteiger charge is -2.28. The molecule has 1 saturated heterocycles. The second kappa shape index (κ2) is 10.1. The van der Waals surface area contributed by atoms with Gasteiger partial charge in [-0.1, -0.05) is 12.1 Å². The van der Waals surface area contributed by atoms with Crippen LogP contribution < -0.4 is 9.47 Å².